The molecule has 3 nitrogen and oxygen atoms in total. The number of hydrogen-bond acceptors (Lipinski definition) is 3. The highest BCUT2D eigenvalue weighted by atomic mass is 32.1. The molecule has 0 amide bonds. The fraction of sp³-hybridized carbons (Fsp3) is 0.636. The first-order valence-corrected chi connectivity index (χ1v) is 5.99. The molecule has 1 unspecified atom stereocenters. The highest BCUT2D eigenvalue weighted by molar-refractivity contribution is 7.71. The highest BCUT2D eigenvalue weighted by Crippen LogP contribution is 2.28. The minimum atomic E-state index is 0.151. The molecule has 3 rings (SSSR count). The van der Waals surface area contributed by atoms with E-state index in [1.165, 1.54) is 17.7 Å². The van der Waals surface area contributed by atoms with Crippen LogP contribution in [0.15, 0.2) is 0 Å². The molecule has 1 N–H and O–H groups in total. The molecule has 1 aliphatic heterocycles. The summed E-state index contributed by atoms with van der Waals surface area (Å²) in [4.78, 5) is 7.87. The van der Waals surface area contributed by atoms with Crippen LogP contribution in [0.2, 0.25) is 0 Å². The maximum Gasteiger partial charge on any atom is 0.137 e. The normalized spacial score (nSPS) is 24.4. The van der Waals surface area contributed by atoms with Crippen molar-refractivity contribution in [2.75, 3.05) is 6.61 Å². The van der Waals surface area contributed by atoms with Crippen molar-refractivity contribution in [2.24, 2.45) is 0 Å². The van der Waals surface area contributed by atoms with Gasteiger partial charge in [-0.3, -0.25) is 0 Å². The Balaban J connectivity index is 2.03. The second-order valence-electron chi connectivity index (χ2n) is 4.24. The number of hydrogen-bond donors (Lipinski definition) is 1. The molecule has 1 saturated heterocycles. The molecule has 0 radical (unpaired) electrons. The molecule has 80 valence electrons. The Morgan fingerprint density at radius 2 is 2.27 bits per heavy atom. The van der Waals surface area contributed by atoms with E-state index in [0.29, 0.717) is 0 Å². The van der Waals surface area contributed by atoms with E-state index in [0.717, 1.165) is 42.8 Å². The Kier molecular flexibility index (Phi) is 2.33. The van der Waals surface area contributed by atoms with Gasteiger partial charge in [0, 0.05) is 17.9 Å². The van der Waals surface area contributed by atoms with Crippen molar-refractivity contribution in [2.45, 2.75) is 38.2 Å². The summed E-state index contributed by atoms with van der Waals surface area (Å²) in [5.41, 5.74) is 2.55. The molecule has 1 fully saturated rings. The number of rotatable bonds is 1. The molecule has 2 aliphatic rings. The van der Waals surface area contributed by atoms with E-state index in [-0.39, 0.29) is 6.10 Å². The van der Waals surface area contributed by atoms with Crippen molar-refractivity contribution in [3.8, 4) is 0 Å². The number of nitrogens with one attached hydrogen (secondary N) is 1. The molecule has 0 saturated carbocycles. The summed E-state index contributed by atoms with van der Waals surface area (Å²) in [7, 11) is 0. The van der Waals surface area contributed by atoms with Gasteiger partial charge in [-0.1, -0.05) is 12.2 Å². The number of aromatic nitrogens is 2. The summed E-state index contributed by atoms with van der Waals surface area (Å²) in [6.45, 7) is 0.851. The summed E-state index contributed by atoms with van der Waals surface area (Å²) in [5.74, 6) is 0.943. The fourth-order valence-corrected chi connectivity index (χ4v) is 2.75. The molecule has 1 aliphatic carbocycles. The first-order valence-electron chi connectivity index (χ1n) is 5.58. The average Bonchev–Trinajstić information content (AvgIpc) is 2.88. The van der Waals surface area contributed by atoms with Crippen LogP contribution in [-0.2, 0) is 17.6 Å². The Hall–Kier alpha value is -0.740. The standard InChI is InChI=1S/C11H14N2OS/c15-11-7-3-1-4-8(7)12-10(13-11)9-5-2-6-14-9/h9H,1-6H2,(H,12,13,15). The first-order chi connectivity index (χ1) is 7.34. The van der Waals surface area contributed by atoms with Crippen molar-refractivity contribution in [1.82, 2.24) is 9.97 Å². The van der Waals surface area contributed by atoms with Crippen molar-refractivity contribution in [1.29, 1.82) is 0 Å². The third-order valence-electron chi connectivity index (χ3n) is 3.21. The van der Waals surface area contributed by atoms with Crippen LogP contribution >= 0.6 is 12.2 Å². The van der Waals surface area contributed by atoms with Crippen LogP contribution in [0.3, 0.4) is 0 Å². The average molecular weight is 222 g/mol. The Morgan fingerprint density at radius 3 is 3.07 bits per heavy atom. The van der Waals surface area contributed by atoms with Crippen LogP contribution in [0.5, 0.6) is 0 Å². The monoisotopic (exact) mass is 222 g/mol. The van der Waals surface area contributed by atoms with E-state index in [4.69, 9.17) is 17.0 Å². The van der Waals surface area contributed by atoms with Gasteiger partial charge in [-0.25, -0.2) is 4.98 Å². The van der Waals surface area contributed by atoms with Crippen molar-refractivity contribution >= 4 is 12.2 Å². The smallest absolute Gasteiger partial charge is 0.137 e. The number of ether oxygens (including phenoxy) is 1. The zero-order valence-electron chi connectivity index (χ0n) is 8.58. The van der Waals surface area contributed by atoms with Gasteiger partial charge in [0.05, 0.1) is 0 Å². The lowest BCUT2D eigenvalue weighted by Crippen LogP contribution is -2.06. The van der Waals surface area contributed by atoms with Crippen LogP contribution in [0, 0.1) is 4.64 Å². The van der Waals surface area contributed by atoms with E-state index in [1.54, 1.807) is 0 Å². The molecule has 0 aromatic carbocycles. The van der Waals surface area contributed by atoms with Crippen molar-refractivity contribution in [3.05, 3.63) is 21.7 Å². The van der Waals surface area contributed by atoms with Crippen molar-refractivity contribution in [3.63, 3.8) is 0 Å². The zero-order valence-corrected chi connectivity index (χ0v) is 9.40. The predicted octanol–water partition coefficient (Wildman–Crippen LogP) is 2.48. The lowest BCUT2D eigenvalue weighted by atomic mass is 10.2. The van der Waals surface area contributed by atoms with Gasteiger partial charge in [-0.2, -0.15) is 0 Å². The summed E-state index contributed by atoms with van der Waals surface area (Å²) in [6.07, 6.45) is 5.75. The van der Waals surface area contributed by atoms with Gasteiger partial charge in [0.15, 0.2) is 0 Å². The quantitative estimate of drug-likeness (QED) is 0.742. The molecular formula is C11H14N2OS. The molecule has 1 aromatic rings. The van der Waals surface area contributed by atoms with Crippen LogP contribution in [0.4, 0.5) is 0 Å². The molecular weight excluding hydrogens is 208 g/mol. The van der Waals surface area contributed by atoms with Crippen LogP contribution < -0.4 is 0 Å². The van der Waals surface area contributed by atoms with E-state index >= 15 is 0 Å². The van der Waals surface area contributed by atoms with Gasteiger partial charge in [-0.05, 0) is 32.1 Å². The zero-order chi connectivity index (χ0) is 10.3. The summed E-state index contributed by atoms with van der Waals surface area (Å²) in [5, 5.41) is 0. The van der Waals surface area contributed by atoms with Gasteiger partial charge in [0.1, 0.15) is 16.6 Å². The molecule has 1 atom stereocenters. The van der Waals surface area contributed by atoms with E-state index in [2.05, 4.69) is 9.97 Å². The van der Waals surface area contributed by atoms with E-state index < -0.39 is 0 Å². The Labute approximate surface area is 93.9 Å². The molecule has 0 bridgehead atoms. The highest BCUT2D eigenvalue weighted by Gasteiger charge is 2.22. The summed E-state index contributed by atoms with van der Waals surface area (Å²) < 4.78 is 6.40. The maximum atomic E-state index is 5.61. The summed E-state index contributed by atoms with van der Waals surface area (Å²) in [6, 6.07) is 0. The second-order valence-corrected chi connectivity index (χ2v) is 4.63. The number of H-pyrrole nitrogens is 1. The minimum absolute atomic E-state index is 0.151. The number of aromatic amines is 1. The molecule has 0 spiro atoms. The topological polar surface area (TPSA) is 37.9 Å². The molecule has 15 heavy (non-hydrogen) atoms. The third kappa shape index (κ3) is 1.62. The second kappa shape index (κ2) is 3.68. The van der Waals surface area contributed by atoms with Gasteiger partial charge >= 0.3 is 0 Å². The molecule has 2 heterocycles. The van der Waals surface area contributed by atoms with E-state index in [1.807, 2.05) is 0 Å². The van der Waals surface area contributed by atoms with Gasteiger partial charge in [-0.15, -0.1) is 0 Å². The van der Waals surface area contributed by atoms with Crippen LogP contribution in [-0.4, -0.2) is 16.6 Å². The third-order valence-corrected chi connectivity index (χ3v) is 3.55. The molecule has 4 heteroatoms. The van der Waals surface area contributed by atoms with Crippen LogP contribution in [0.25, 0.3) is 0 Å². The SMILES string of the molecule is S=c1nc(C2CCCO2)[nH]c2c1CCC2. The van der Waals surface area contributed by atoms with E-state index in [9.17, 15) is 0 Å². The fourth-order valence-electron chi connectivity index (χ4n) is 2.42. The largest absolute Gasteiger partial charge is 0.370 e. The lowest BCUT2D eigenvalue weighted by Gasteiger charge is -2.10. The van der Waals surface area contributed by atoms with Crippen molar-refractivity contribution < 1.29 is 4.74 Å². The van der Waals surface area contributed by atoms with Gasteiger partial charge in [0.25, 0.3) is 0 Å². The van der Waals surface area contributed by atoms with Crippen LogP contribution in [0.1, 0.15) is 42.4 Å². The summed E-state index contributed by atoms with van der Waals surface area (Å²) >= 11 is 5.31. The number of nitrogens with zero attached hydrogens (tertiary/aromatic N) is 1. The first kappa shape index (κ1) is 9.48. The number of aryl methyl sites for hydroxylation is 1. The Morgan fingerprint density at radius 1 is 1.33 bits per heavy atom. The predicted molar refractivity (Wildman–Crippen MR) is 59.4 cm³/mol. The maximum absolute atomic E-state index is 5.61. The van der Waals surface area contributed by atoms with Gasteiger partial charge in [0.2, 0.25) is 0 Å². The minimum Gasteiger partial charge on any atom is -0.370 e. The number of fused-ring (bicyclic) bond motifs is 1. The molecule has 1 aromatic heterocycles. The Bertz CT molecular complexity index is 435. The van der Waals surface area contributed by atoms with Gasteiger partial charge < -0.3 is 9.72 Å². The lowest BCUT2D eigenvalue weighted by molar-refractivity contribution is 0.105.